The van der Waals surface area contributed by atoms with E-state index in [2.05, 4.69) is 51.7 Å². The van der Waals surface area contributed by atoms with E-state index >= 15 is 0 Å². The lowest BCUT2D eigenvalue weighted by Crippen LogP contribution is -2.24. The Morgan fingerprint density at radius 2 is 1.79 bits per heavy atom. The first kappa shape index (κ1) is 14.3. The Bertz CT molecular complexity index is 123. The number of hydrogen-bond donors (Lipinski definition) is 1. The first-order valence-electron chi connectivity index (χ1n) is 5.95. The van der Waals surface area contributed by atoms with E-state index in [1.807, 2.05) is 0 Å². The van der Waals surface area contributed by atoms with Crippen LogP contribution in [0.4, 0.5) is 0 Å². The summed E-state index contributed by atoms with van der Waals surface area (Å²) >= 11 is 2.13. The molecule has 0 bridgehead atoms. The van der Waals surface area contributed by atoms with E-state index in [0.29, 0.717) is 6.04 Å². The van der Waals surface area contributed by atoms with Crippen molar-refractivity contribution in [2.75, 3.05) is 6.54 Å². The quantitative estimate of drug-likeness (QED) is 0.622. The SMILES string of the molecule is CCC(CCCNC(C)C)SC(C)C. The summed E-state index contributed by atoms with van der Waals surface area (Å²) in [6.45, 7) is 12.5. The predicted octanol–water partition coefficient (Wildman–Crippen LogP) is 3.68. The molecule has 0 heterocycles. The Morgan fingerprint density at radius 3 is 2.21 bits per heavy atom. The molecule has 0 aromatic heterocycles. The van der Waals surface area contributed by atoms with Gasteiger partial charge in [0.25, 0.3) is 0 Å². The minimum absolute atomic E-state index is 0.632. The molecule has 14 heavy (non-hydrogen) atoms. The summed E-state index contributed by atoms with van der Waals surface area (Å²) in [5, 5.41) is 5.11. The molecule has 0 amide bonds. The smallest absolute Gasteiger partial charge is 0.00474 e. The molecule has 0 saturated carbocycles. The molecule has 0 aliphatic heterocycles. The van der Waals surface area contributed by atoms with Gasteiger partial charge in [-0.3, -0.25) is 0 Å². The van der Waals surface area contributed by atoms with Gasteiger partial charge in [-0.25, -0.2) is 0 Å². The predicted molar refractivity (Wildman–Crippen MR) is 69.2 cm³/mol. The molecule has 86 valence electrons. The highest BCUT2D eigenvalue weighted by Gasteiger charge is 2.08. The Morgan fingerprint density at radius 1 is 1.14 bits per heavy atom. The summed E-state index contributed by atoms with van der Waals surface area (Å²) in [5.41, 5.74) is 0. The lowest BCUT2D eigenvalue weighted by Gasteiger charge is -2.17. The Labute approximate surface area is 94.4 Å². The second-order valence-electron chi connectivity index (χ2n) is 4.47. The molecule has 0 rings (SSSR count). The third kappa shape index (κ3) is 8.89. The van der Waals surface area contributed by atoms with E-state index in [4.69, 9.17) is 0 Å². The van der Waals surface area contributed by atoms with Gasteiger partial charge in [-0.05, 0) is 31.1 Å². The van der Waals surface area contributed by atoms with Crippen molar-refractivity contribution >= 4 is 11.8 Å². The third-order valence-electron chi connectivity index (χ3n) is 2.18. The summed E-state index contributed by atoms with van der Waals surface area (Å²) in [6.07, 6.45) is 3.99. The van der Waals surface area contributed by atoms with Gasteiger partial charge in [-0.1, -0.05) is 34.6 Å². The average molecular weight is 217 g/mol. The van der Waals surface area contributed by atoms with Crippen LogP contribution in [0.5, 0.6) is 0 Å². The van der Waals surface area contributed by atoms with Crippen LogP contribution >= 0.6 is 11.8 Å². The standard InChI is InChI=1S/C12H27NS/c1-6-12(14-11(4)5)8-7-9-13-10(2)3/h10-13H,6-9H2,1-5H3. The second kappa shape index (κ2) is 8.60. The van der Waals surface area contributed by atoms with Crippen LogP contribution in [0.3, 0.4) is 0 Å². The first-order chi connectivity index (χ1) is 6.56. The lowest BCUT2D eigenvalue weighted by molar-refractivity contribution is 0.550. The second-order valence-corrected chi connectivity index (χ2v) is 6.35. The fourth-order valence-corrected chi connectivity index (χ4v) is 2.74. The largest absolute Gasteiger partial charge is 0.315 e. The number of nitrogens with one attached hydrogen (secondary N) is 1. The van der Waals surface area contributed by atoms with Crippen LogP contribution in [0.1, 0.15) is 53.9 Å². The van der Waals surface area contributed by atoms with Crippen molar-refractivity contribution in [3.05, 3.63) is 0 Å². The molecule has 0 radical (unpaired) electrons. The number of hydrogen-bond acceptors (Lipinski definition) is 2. The van der Waals surface area contributed by atoms with Crippen molar-refractivity contribution in [2.24, 2.45) is 0 Å². The van der Waals surface area contributed by atoms with Crippen molar-refractivity contribution in [3.8, 4) is 0 Å². The molecule has 0 spiro atoms. The molecule has 2 heteroatoms. The molecule has 0 fully saturated rings. The van der Waals surface area contributed by atoms with E-state index in [0.717, 1.165) is 10.5 Å². The van der Waals surface area contributed by atoms with Crippen LogP contribution in [0.25, 0.3) is 0 Å². The average Bonchev–Trinajstić information content (AvgIpc) is 2.09. The highest BCUT2D eigenvalue weighted by molar-refractivity contribution is 8.00. The zero-order chi connectivity index (χ0) is 11.0. The lowest BCUT2D eigenvalue weighted by atomic mass is 10.2. The molecule has 0 aliphatic carbocycles. The van der Waals surface area contributed by atoms with E-state index in [-0.39, 0.29) is 0 Å². The van der Waals surface area contributed by atoms with Crippen molar-refractivity contribution in [3.63, 3.8) is 0 Å². The van der Waals surface area contributed by atoms with Crippen LogP contribution in [-0.2, 0) is 0 Å². The van der Waals surface area contributed by atoms with Gasteiger partial charge < -0.3 is 5.32 Å². The van der Waals surface area contributed by atoms with Gasteiger partial charge in [0, 0.05) is 11.3 Å². The van der Waals surface area contributed by atoms with Crippen LogP contribution in [0.15, 0.2) is 0 Å². The van der Waals surface area contributed by atoms with Gasteiger partial charge in [-0.2, -0.15) is 11.8 Å². The van der Waals surface area contributed by atoms with Gasteiger partial charge in [-0.15, -0.1) is 0 Å². The summed E-state index contributed by atoms with van der Waals surface area (Å²) in [7, 11) is 0. The Balaban J connectivity index is 3.43. The maximum atomic E-state index is 3.47. The first-order valence-corrected chi connectivity index (χ1v) is 6.89. The van der Waals surface area contributed by atoms with Crippen molar-refractivity contribution in [2.45, 2.75) is 70.4 Å². The number of thioether (sulfide) groups is 1. The summed E-state index contributed by atoms with van der Waals surface area (Å²) < 4.78 is 0. The monoisotopic (exact) mass is 217 g/mol. The summed E-state index contributed by atoms with van der Waals surface area (Å²) in [6, 6.07) is 0.632. The van der Waals surface area contributed by atoms with Crippen molar-refractivity contribution in [1.29, 1.82) is 0 Å². The number of rotatable bonds is 8. The van der Waals surface area contributed by atoms with Crippen molar-refractivity contribution < 1.29 is 0 Å². The fourth-order valence-electron chi connectivity index (χ4n) is 1.47. The molecule has 1 unspecified atom stereocenters. The maximum absolute atomic E-state index is 3.47. The third-order valence-corrected chi connectivity index (χ3v) is 3.67. The molecule has 0 aliphatic rings. The van der Waals surface area contributed by atoms with Crippen LogP contribution in [-0.4, -0.2) is 23.1 Å². The van der Waals surface area contributed by atoms with Crippen LogP contribution in [0, 0.1) is 0 Å². The topological polar surface area (TPSA) is 12.0 Å². The van der Waals surface area contributed by atoms with E-state index in [1.54, 1.807) is 0 Å². The van der Waals surface area contributed by atoms with Crippen LogP contribution < -0.4 is 5.32 Å². The van der Waals surface area contributed by atoms with Gasteiger partial charge >= 0.3 is 0 Å². The van der Waals surface area contributed by atoms with E-state index in [1.165, 1.54) is 25.8 Å². The summed E-state index contributed by atoms with van der Waals surface area (Å²) in [4.78, 5) is 0. The van der Waals surface area contributed by atoms with E-state index < -0.39 is 0 Å². The van der Waals surface area contributed by atoms with Gasteiger partial charge in [0.1, 0.15) is 0 Å². The normalized spacial score (nSPS) is 13.9. The summed E-state index contributed by atoms with van der Waals surface area (Å²) in [5.74, 6) is 0. The minimum atomic E-state index is 0.632. The Hall–Kier alpha value is 0.310. The van der Waals surface area contributed by atoms with E-state index in [9.17, 15) is 0 Å². The molecular weight excluding hydrogens is 190 g/mol. The minimum Gasteiger partial charge on any atom is -0.315 e. The zero-order valence-electron chi connectivity index (χ0n) is 10.5. The molecule has 0 aromatic carbocycles. The Kier molecular flexibility index (Phi) is 8.80. The zero-order valence-corrected chi connectivity index (χ0v) is 11.3. The van der Waals surface area contributed by atoms with Crippen molar-refractivity contribution in [1.82, 2.24) is 5.32 Å². The van der Waals surface area contributed by atoms with Gasteiger partial charge in [0.15, 0.2) is 0 Å². The molecule has 1 atom stereocenters. The molecule has 0 saturated heterocycles. The highest BCUT2D eigenvalue weighted by Crippen LogP contribution is 2.23. The maximum Gasteiger partial charge on any atom is 0.00474 e. The molecule has 1 N–H and O–H groups in total. The molecule has 1 nitrogen and oxygen atoms in total. The van der Waals surface area contributed by atoms with Gasteiger partial charge in [0.2, 0.25) is 0 Å². The fraction of sp³-hybridized carbons (Fsp3) is 1.00. The van der Waals surface area contributed by atoms with Gasteiger partial charge in [0.05, 0.1) is 0 Å². The highest BCUT2D eigenvalue weighted by atomic mass is 32.2. The molecule has 0 aromatic rings. The van der Waals surface area contributed by atoms with Crippen LogP contribution in [0.2, 0.25) is 0 Å². The molecular formula is C12H27NS.